The number of ether oxygens (including phenoxy) is 1. The summed E-state index contributed by atoms with van der Waals surface area (Å²) in [6, 6.07) is 14.7. The van der Waals surface area contributed by atoms with Crippen molar-refractivity contribution in [2.75, 3.05) is 7.11 Å². The Balaban J connectivity index is 2.25. The summed E-state index contributed by atoms with van der Waals surface area (Å²) in [6.07, 6.45) is 0. The van der Waals surface area contributed by atoms with Gasteiger partial charge in [0.05, 0.1) is 12.7 Å². The highest BCUT2D eigenvalue weighted by molar-refractivity contribution is 7.88. The number of hydrogen-bond donors (Lipinski definition) is 0. The van der Waals surface area contributed by atoms with Crippen LogP contribution in [0.4, 0.5) is 13.2 Å². The smallest absolute Gasteiger partial charge is 0.497 e. The van der Waals surface area contributed by atoms with E-state index < -0.39 is 27.2 Å². The van der Waals surface area contributed by atoms with Gasteiger partial charge in [-0.25, -0.2) is 0 Å². The summed E-state index contributed by atoms with van der Waals surface area (Å²) in [5, 5.41) is 0.367. The Morgan fingerprint density at radius 1 is 0.964 bits per heavy atom. The molecule has 3 aromatic carbocycles. The Morgan fingerprint density at radius 2 is 1.64 bits per heavy atom. The summed E-state index contributed by atoms with van der Waals surface area (Å²) in [4.78, 5) is 12.8. The topological polar surface area (TPSA) is 69.7 Å². The van der Waals surface area contributed by atoms with Gasteiger partial charge in [0.25, 0.3) is 0 Å². The van der Waals surface area contributed by atoms with Crippen LogP contribution in [0.3, 0.4) is 0 Å². The summed E-state index contributed by atoms with van der Waals surface area (Å²) in [6.45, 7) is 0. The molecule has 0 aromatic heterocycles. The van der Waals surface area contributed by atoms with Crippen LogP contribution in [-0.2, 0) is 10.1 Å². The lowest BCUT2D eigenvalue weighted by atomic mass is 9.98. The standard InChI is InChI=1S/C19H13F3O5S/c1-26-14-8-10-15-13(11-14)7-9-16(17(23)12-5-3-2-4-6-12)18(15)27-28(24,25)19(20,21)22/h2-11H,1H3. The molecule has 0 amide bonds. The Morgan fingerprint density at radius 3 is 2.25 bits per heavy atom. The molecule has 0 fully saturated rings. The number of fused-ring (bicyclic) bond motifs is 1. The normalized spacial score (nSPS) is 12.0. The number of carbonyl (C=O) groups excluding carboxylic acids is 1. The van der Waals surface area contributed by atoms with Crippen LogP contribution in [0.1, 0.15) is 15.9 Å². The summed E-state index contributed by atoms with van der Waals surface area (Å²) in [5.41, 5.74) is -5.78. The molecule has 146 valence electrons. The molecule has 3 aromatic rings. The third kappa shape index (κ3) is 3.65. The van der Waals surface area contributed by atoms with Crippen LogP contribution in [0.15, 0.2) is 60.7 Å². The molecular formula is C19H13F3O5S. The summed E-state index contributed by atoms with van der Waals surface area (Å²) < 4.78 is 71.3. The minimum Gasteiger partial charge on any atom is -0.497 e. The monoisotopic (exact) mass is 410 g/mol. The third-order valence-electron chi connectivity index (χ3n) is 3.93. The SMILES string of the molecule is COc1ccc2c(OS(=O)(=O)C(F)(F)F)c(C(=O)c3ccccc3)ccc2c1. The van der Waals surface area contributed by atoms with E-state index in [0.717, 1.165) is 0 Å². The molecule has 5 nitrogen and oxygen atoms in total. The average Bonchev–Trinajstić information content (AvgIpc) is 2.66. The van der Waals surface area contributed by atoms with Crippen molar-refractivity contribution in [3.05, 3.63) is 71.8 Å². The second-order valence-electron chi connectivity index (χ2n) is 5.71. The van der Waals surface area contributed by atoms with E-state index >= 15 is 0 Å². The van der Waals surface area contributed by atoms with E-state index in [1.807, 2.05) is 0 Å². The number of methoxy groups -OCH3 is 1. The van der Waals surface area contributed by atoms with Crippen LogP contribution in [-0.4, -0.2) is 26.8 Å². The van der Waals surface area contributed by atoms with Crippen LogP contribution in [0, 0.1) is 0 Å². The lowest BCUT2D eigenvalue weighted by Crippen LogP contribution is -2.28. The molecule has 0 saturated carbocycles. The highest BCUT2D eigenvalue weighted by Crippen LogP contribution is 2.37. The van der Waals surface area contributed by atoms with Crippen LogP contribution in [0.2, 0.25) is 0 Å². The number of alkyl halides is 3. The van der Waals surface area contributed by atoms with Gasteiger partial charge in [0.15, 0.2) is 11.5 Å². The number of carbonyl (C=O) groups is 1. The first-order valence-electron chi connectivity index (χ1n) is 7.85. The predicted octanol–water partition coefficient (Wildman–Crippen LogP) is 4.31. The van der Waals surface area contributed by atoms with Crippen molar-refractivity contribution < 1.29 is 35.3 Å². The van der Waals surface area contributed by atoms with Gasteiger partial charge >= 0.3 is 15.6 Å². The maximum absolute atomic E-state index is 12.9. The molecule has 0 aliphatic rings. The number of rotatable bonds is 5. The van der Waals surface area contributed by atoms with E-state index in [0.29, 0.717) is 11.1 Å². The van der Waals surface area contributed by atoms with E-state index in [-0.39, 0.29) is 16.5 Å². The van der Waals surface area contributed by atoms with Crippen molar-refractivity contribution in [1.82, 2.24) is 0 Å². The lowest BCUT2D eigenvalue weighted by molar-refractivity contribution is -0.0499. The zero-order valence-electron chi connectivity index (χ0n) is 14.4. The molecule has 0 unspecified atom stereocenters. The zero-order chi connectivity index (χ0) is 20.5. The Hall–Kier alpha value is -3.07. The molecule has 0 bridgehead atoms. The highest BCUT2D eigenvalue weighted by atomic mass is 32.2. The van der Waals surface area contributed by atoms with Crippen LogP contribution >= 0.6 is 0 Å². The second-order valence-corrected chi connectivity index (χ2v) is 7.25. The molecule has 0 saturated heterocycles. The summed E-state index contributed by atoms with van der Waals surface area (Å²) in [5.74, 6) is -0.962. The van der Waals surface area contributed by atoms with Crippen molar-refractivity contribution >= 4 is 26.7 Å². The van der Waals surface area contributed by atoms with Gasteiger partial charge in [-0.05, 0) is 29.7 Å². The van der Waals surface area contributed by atoms with E-state index in [4.69, 9.17) is 4.74 Å². The first kappa shape index (κ1) is 19.7. The Kier molecular flexibility index (Phi) is 5.03. The molecule has 3 rings (SSSR count). The van der Waals surface area contributed by atoms with Crippen molar-refractivity contribution in [3.8, 4) is 11.5 Å². The largest absolute Gasteiger partial charge is 0.534 e. The first-order valence-corrected chi connectivity index (χ1v) is 9.26. The van der Waals surface area contributed by atoms with Crippen molar-refractivity contribution in [2.24, 2.45) is 0 Å². The maximum atomic E-state index is 12.9. The third-order valence-corrected chi connectivity index (χ3v) is 4.89. The number of hydrogen-bond acceptors (Lipinski definition) is 5. The van der Waals surface area contributed by atoms with Gasteiger partial charge in [0, 0.05) is 10.9 Å². The Labute approximate surface area is 158 Å². The number of halogens is 3. The van der Waals surface area contributed by atoms with Crippen LogP contribution in [0.5, 0.6) is 11.5 Å². The fraction of sp³-hybridized carbons (Fsp3) is 0.105. The molecular weight excluding hydrogens is 397 g/mol. The highest BCUT2D eigenvalue weighted by Gasteiger charge is 2.49. The molecule has 0 heterocycles. The molecule has 28 heavy (non-hydrogen) atoms. The fourth-order valence-corrected chi connectivity index (χ4v) is 3.07. The molecule has 0 aliphatic heterocycles. The van der Waals surface area contributed by atoms with Gasteiger partial charge in [0.1, 0.15) is 5.75 Å². The van der Waals surface area contributed by atoms with Gasteiger partial charge in [0.2, 0.25) is 0 Å². The van der Waals surface area contributed by atoms with E-state index in [2.05, 4.69) is 4.18 Å². The number of benzene rings is 3. The second kappa shape index (κ2) is 7.16. The maximum Gasteiger partial charge on any atom is 0.534 e. The van der Waals surface area contributed by atoms with Crippen molar-refractivity contribution in [3.63, 3.8) is 0 Å². The molecule has 9 heteroatoms. The first-order chi connectivity index (χ1) is 13.1. The van der Waals surface area contributed by atoms with Gasteiger partial charge in [-0.3, -0.25) is 4.79 Å². The van der Waals surface area contributed by atoms with E-state index in [1.54, 1.807) is 18.2 Å². The molecule has 0 aliphatic carbocycles. The van der Waals surface area contributed by atoms with Gasteiger partial charge in [-0.15, -0.1) is 0 Å². The average molecular weight is 410 g/mol. The zero-order valence-corrected chi connectivity index (χ0v) is 15.2. The van der Waals surface area contributed by atoms with E-state index in [9.17, 15) is 26.4 Å². The van der Waals surface area contributed by atoms with Crippen molar-refractivity contribution in [2.45, 2.75) is 5.51 Å². The molecule has 0 N–H and O–H groups in total. The van der Waals surface area contributed by atoms with Crippen LogP contribution in [0.25, 0.3) is 10.8 Å². The number of ketones is 1. The van der Waals surface area contributed by atoms with Gasteiger partial charge in [-0.1, -0.05) is 36.4 Å². The lowest BCUT2D eigenvalue weighted by Gasteiger charge is -2.15. The summed E-state index contributed by atoms with van der Waals surface area (Å²) >= 11 is 0. The molecule has 0 spiro atoms. The van der Waals surface area contributed by atoms with Gasteiger partial charge < -0.3 is 8.92 Å². The quantitative estimate of drug-likeness (QED) is 0.356. The summed E-state index contributed by atoms with van der Waals surface area (Å²) in [7, 11) is -4.58. The molecule has 0 atom stereocenters. The Bertz CT molecular complexity index is 1140. The fourth-order valence-electron chi connectivity index (χ4n) is 2.58. The van der Waals surface area contributed by atoms with Crippen molar-refractivity contribution in [1.29, 1.82) is 0 Å². The minimum absolute atomic E-state index is 0.0235. The van der Waals surface area contributed by atoms with E-state index in [1.165, 1.54) is 49.6 Å². The minimum atomic E-state index is -5.98. The van der Waals surface area contributed by atoms with Crippen LogP contribution < -0.4 is 8.92 Å². The van der Waals surface area contributed by atoms with Gasteiger partial charge in [-0.2, -0.15) is 21.6 Å². The predicted molar refractivity (Wildman–Crippen MR) is 96.0 cm³/mol. The molecule has 0 radical (unpaired) electrons.